The van der Waals surface area contributed by atoms with E-state index in [1.807, 2.05) is 0 Å². The first-order chi connectivity index (χ1) is 12.7. The third-order valence-electron chi connectivity index (χ3n) is 3.38. The van der Waals surface area contributed by atoms with E-state index in [2.05, 4.69) is 15.0 Å². The molecule has 0 aliphatic carbocycles. The quantitative estimate of drug-likeness (QED) is 0.672. The van der Waals surface area contributed by atoms with E-state index in [1.165, 1.54) is 0 Å². The van der Waals surface area contributed by atoms with Crippen LogP contribution in [-0.2, 0) is 10.0 Å². The summed E-state index contributed by atoms with van der Waals surface area (Å²) in [5.41, 5.74) is 1.39. The van der Waals surface area contributed by atoms with Gasteiger partial charge in [0.2, 0.25) is 10.0 Å². The Balaban J connectivity index is 1.74. The van der Waals surface area contributed by atoms with Crippen molar-refractivity contribution in [2.45, 2.75) is 0 Å². The van der Waals surface area contributed by atoms with Crippen molar-refractivity contribution in [2.75, 3.05) is 16.3 Å². The molecule has 3 aromatic rings. The SMILES string of the molecule is CS(=O)(=O)Nc1ccc(-c2csc(NC(=O)c3ccc(F)cc3F)n2)cc1. The van der Waals surface area contributed by atoms with E-state index in [-0.39, 0.29) is 10.7 Å². The summed E-state index contributed by atoms with van der Waals surface area (Å²) in [5, 5.41) is 4.40. The average Bonchev–Trinajstić information content (AvgIpc) is 3.02. The Morgan fingerprint density at radius 3 is 2.44 bits per heavy atom. The fourth-order valence-corrected chi connectivity index (χ4v) is 3.50. The molecule has 2 N–H and O–H groups in total. The summed E-state index contributed by atoms with van der Waals surface area (Å²) in [6, 6.07) is 9.21. The predicted octanol–water partition coefficient (Wildman–Crippen LogP) is 3.71. The van der Waals surface area contributed by atoms with Gasteiger partial charge in [0.15, 0.2) is 5.13 Å². The van der Waals surface area contributed by atoms with Crippen molar-refractivity contribution < 1.29 is 22.0 Å². The maximum absolute atomic E-state index is 13.7. The zero-order chi connectivity index (χ0) is 19.6. The molecule has 0 saturated heterocycles. The van der Waals surface area contributed by atoms with Crippen LogP contribution in [0.2, 0.25) is 0 Å². The van der Waals surface area contributed by atoms with Crippen LogP contribution in [0.3, 0.4) is 0 Å². The van der Waals surface area contributed by atoms with Gasteiger partial charge < -0.3 is 0 Å². The van der Waals surface area contributed by atoms with E-state index >= 15 is 0 Å². The average molecular weight is 409 g/mol. The third-order valence-corrected chi connectivity index (χ3v) is 4.75. The van der Waals surface area contributed by atoms with Crippen LogP contribution in [0.15, 0.2) is 47.8 Å². The van der Waals surface area contributed by atoms with Gasteiger partial charge in [-0.2, -0.15) is 0 Å². The number of aromatic nitrogens is 1. The highest BCUT2D eigenvalue weighted by Crippen LogP contribution is 2.26. The number of benzene rings is 2. The molecule has 27 heavy (non-hydrogen) atoms. The van der Waals surface area contributed by atoms with Crippen LogP contribution in [0, 0.1) is 11.6 Å². The fourth-order valence-electron chi connectivity index (χ4n) is 2.22. The zero-order valence-electron chi connectivity index (χ0n) is 13.9. The smallest absolute Gasteiger partial charge is 0.260 e. The number of hydrogen-bond acceptors (Lipinski definition) is 5. The zero-order valence-corrected chi connectivity index (χ0v) is 15.5. The minimum atomic E-state index is -3.36. The van der Waals surface area contributed by atoms with Crippen LogP contribution >= 0.6 is 11.3 Å². The molecule has 0 aliphatic heterocycles. The molecule has 1 aromatic heterocycles. The first-order valence-electron chi connectivity index (χ1n) is 7.51. The van der Waals surface area contributed by atoms with Crippen LogP contribution in [0.5, 0.6) is 0 Å². The highest BCUT2D eigenvalue weighted by molar-refractivity contribution is 7.92. The molecule has 0 radical (unpaired) electrons. The summed E-state index contributed by atoms with van der Waals surface area (Å²) < 4.78 is 51.4. The number of rotatable bonds is 5. The summed E-state index contributed by atoms with van der Waals surface area (Å²) in [6.07, 6.45) is 1.06. The Labute approximate surface area is 157 Å². The van der Waals surface area contributed by atoms with E-state index in [9.17, 15) is 22.0 Å². The predicted molar refractivity (Wildman–Crippen MR) is 100 cm³/mol. The number of hydrogen-bond donors (Lipinski definition) is 2. The second-order valence-electron chi connectivity index (χ2n) is 5.57. The topological polar surface area (TPSA) is 88.2 Å². The van der Waals surface area contributed by atoms with E-state index in [0.717, 1.165) is 29.7 Å². The number of anilines is 2. The Morgan fingerprint density at radius 1 is 1.11 bits per heavy atom. The van der Waals surface area contributed by atoms with Gasteiger partial charge in [0.25, 0.3) is 5.91 Å². The molecule has 0 bridgehead atoms. The van der Waals surface area contributed by atoms with Gasteiger partial charge in [-0.05, 0) is 24.3 Å². The molecule has 140 valence electrons. The summed E-state index contributed by atoms with van der Waals surface area (Å²) in [4.78, 5) is 16.3. The minimum absolute atomic E-state index is 0.247. The van der Waals surface area contributed by atoms with Gasteiger partial charge >= 0.3 is 0 Å². The number of carbonyl (C=O) groups excluding carboxylic acids is 1. The lowest BCUT2D eigenvalue weighted by Crippen LogP contribution is -2.13. The van der Waals surface area contributed by atoms with Gasteiger partial charge in [0, 0.05) is 22.7 Å². The van der Waals surface area contributed by atoms with E-state index < -0.39 is 27.6 Å². The molecular weight excluding hydrogens is 396 g/mol. The number of nitrogens with one attached hydrogen (secondary N) is 2. The molecule has 10 heteroatoms. The van der Waals surface area contributed by atoms with E-state index in [0.29, 0.717) is 23.0 Å². The summed E-state index contributed by atoms with van der Waals surface area (Å²) in [7, 11) is -3.36. The summed E-state index contributed by atoms with van der Waals surface area (Å²) in [6.45, 7) is 0. The van der Waals surface area contributed by atoms with Crippen molar-refractivity contribution in [2.24, 2.45) is 0 Å². The number of halogens is 2. The molecule has 1 heterocycles. The standard InChI is InChI=1S/C17H13F2N3O3S2/c1-27(24,25)22-12-5-2-10(3-6-12)15-9-26-17(20-15)21-16(23)13-7-4-11(18)8-14(13)19/h2-9,22H,1H3,(H,20,21,23). The molecular formula is C17H13F2N3O3S2. The number of amides is 1. The van der Waals surface area contributed by atoms with Gasteiger partial charge in [-0.25, -0.2) is 22.2 Å². The molecule has 0 saturated carbocycles. The van der Waals surface area contributed by atoms with Crippen molar-refractivity contribution >= 4 is 38.1 Å². The Hall–Kier alpha value is -2.85. The summed E-state index contributed by atoms with van der Waals surface area (Å²) >= 11 is 1.14. The Morgan fingerprint density at radius 2 is 1.81 bits per heavy atom. The van der Waals surface area contributed by atoms with Gasteiger partial charge in [-0.15, -0.1) is 11.3 Å². The number of sulfonamides is 1. The largest absolute Gasteiger partial charge is 0.298 e. The van der Waals surface area contributed by atoms with Crippen molar-refractivity contribution in [1.82, 2.24) is 4.98 Å². The van der Waals surface area contributed by atoms with E-state index in [1.54, 1.807) is 29.6 Å². The second-order valence-corrected chi connectivity index (χ2v) is 8.17. The van der Waals surface area contributed by atoms with E-state index in [4.69, 9.17) is 0 Å². The molecule has 0 fully saturated rings. The lowest BCUT2D eigenvalue weighted by Gasteiger charge is -2.04. The molecule has 0 unspecified atom stereocenters. The summed E-state index contributed by atoms with van der Waals surface area (Å²) in [5.74, 6) is -2.46. The number of carbonyl (C=O) groups is 1. The normalized spacial score (nSPS) is 11.2. The highest BCUT2D eigenvalue weighted by Gasteiger charge is 2.15. The number of thiazole rings is 1. The van der Waals surface area contributed by atoms with Gasteiger partial charge in [0.05, 0.1) is 17.5 Å². The second kappa shape index (κ2) is 7.41. The molecule has 0 aliphatic rings. The lowest BCUT2D eigenvalue weighted by atomic mass is 10.1. The van der Waals surface area contributed by atoms with Gasteiger partial charge in [0.1, 0.15) is 11.6 Å². The van der Waals surface area contributed by atoms with Gasteiger partial charge in [-0.3, -0.25) is 14.8 Å². The Bertz CT molecular complexity index is 1100. The monoisotopic (exact) mass is 409 g/mol. The van der Waals surface area contributed by atoms with Crippen molar-refractivity contribution in [3.63, 3.8) is 0 Å². The van der Waals surface area contributed by atoms with Crippen LogP contribution in [0.4, 0.5) is 19.6 Å². The van der Waals surface area contributed by atoms with Crippen LogP contribution in [0.1, 0.15) is 10.4 Å². The highest BCUT2D eigenvalue weighted by atomic mass is 32.2. The van der Waals surface area contributed by atoms with Crippen LogP contribution < -0.4 is 10.0 Å². The third kappa shape index (κ3) is 4.86. The Kier molecular flexibility index (Phi) is 5.19. The van der Waals surface area contributed by atoms with Crippen molar-refractivity contribution in [1.29, 1.82) is 0 Å². The molecule has 3 rings (SSSR count). The minimum Gasteiger partial charge on any atom is -0.298 e. The molecule has 2 aromatic carbocycles. The molecule has 6 nitrogen and oxygen atoms in total. The van der Waals surface area contributed by atoms with Crippen LogP contribution in [-0.4, -0.2) is 25.6 Å². The fraction of sp³-hybridized carbons (Fsp3) is 0.0588. The molecule has 0 atom stereocenters. The maximum atomic E-state index is 13.7. The molecule has 1 amide bonds. The van der Waals surface area contributed by atoms with Gasteiger partial charge in [-0.1, -0.05) is 12.1 Å². The lowest BCUT2D eigenvalue weighted by molar-refractivity contribution is 0.102. The van der Waals surface area contributed by atoms with Crippen LogP contribution in [0.25, 0.3) is 11.3 Å². The number of nitrogens with zero attached hydrogens (tertiary/aromatic N) is 1. The first kappa shape index (κ1) is 18.9. The van der Waals surface area contributed by atoms with Crippen molar-refractivity contribution in [3.05, 3.63) is 65.0 Å². The van der Waals surface area contributed by atoms with Crippen molar-refractivity contribution in [3.8, 4) is 11.3 Å². The first-order valence-corrected chi connectivity index (χ1v) is 10.3. The molecule has 0 spiro atoms. The maximum Gasteiger partial charge on any atom is 0.260 e.